The number of aromatic amines is 1. The number of hydrogen-bond donors (Lipinski definition) is 2. The highest BCUT2D eigenvalue weighted by molar-refractivity contribution is 5.93. The second kappa shape index (κ2) is 6.08. The maximum absolute atomic E-state index is 12.2. The Bertz CT molecular complexity index is 420. The van der Waals surface area contributed by atoms with Crippen LogP contribution in [0.25, 0.3) is 0 Å². The molecule has 2 rings (SSSR count). The minimum atomic E-state index is 0.0453. The van der Waals surface area contributed by atoms with Gasteiger partial charge in [-0.1, -0.05) is 0 Å². The van der Waals surface area contributed by atoms with Crippen LogP contribution in [0.3, 0.4) is 0 Å². The predicted molar refractivity (Wildman–Crippen MR) is 76.1 cm³/mol. The van der Waals surface area contributed by atoms with Gasteiger partial charge in [0.05, 0.1) is 0 Å². The Morgan fingerprint density at radius 2 is 2.05 bits per heavy atom. The van der Waals surface area contributed by atoms with Crippen molar-refractivity contribution in [2.75, 3.05) is 59.1 Å². The Hall–Kier alpha value is -1.53. The molecule has 6 nitrogen and oxygen atoms in total. The molecule has 106 valence electrons. The molecule has 3 N–H and O–H groups in total. The quantitative estimate of drug-likeness (QED) is 0.799. The molecule has 19 heavy (non-hydrogen) atoms. The van der Waals surface area contributed by atoms with Gasteiger partial charge < -0.3 is 20.5 Å². The third kappa shape index (κ3) is 3.71. The Kier molecular flexibility index (Phi) is 4.44. The summed E-state index contributed by atoms with van der Waals surface area (Å²) in [5, 5.41) is 0. The van der Waals surface area contributed by atoms with Crippen molar-refractivity contribution in [2.45, 2.75) is 0 Å². The van der Waals surface area contributed by atoms with Crippen LogP contribution in [0, 0.1) is 0 Å². The number of likely N-dealkylation sites (N-methyl/N-ethyl adjacent to an activating group) is 1. The van der Waals surface area contributed by atoms with Gasteiger partial charge in [-0.15, -0.1) is 0 Å². The fourth-order valence-corrected chi connectivity index (χ4v) is 2.22. The summed E-state index contributed by atoms with van der Waals surface area (Å²) in [4.78, 5) is 21.6. The van der Waals surface area contributed by atoms with E-state index in [1.54, 1.807) is 12.3 Å². The van der Waals surface area contributed by atoms with Crippen LogP contribution in [0.2, 0.25) is 0 Å². The number of aromatic nitrogens is 1. The lowest BCUT2D eigenvalue weighted by Crippen LogP contribution is -2.50. The van der Waals surface area contributed by atoms with E-state index in [4.69, 9.17) is 5.73 Å². The van der Waals surface area contributed by atoms with Gasteiger partial charge in [0.1, 0.15) is 5.69 Å². The van der Waals surface area contributed by atoms with E-state index in [1.807, 2.05) is 4.90 Å². The van der Waals surface area contributed by atoms with Crippen LogP contribution in [0.5, 0.6) is 0 Å². The molecule has 0 atom stereocenters. The maximum atomic E-state index is 12.2. The number of carbonyl (C=O) groups excluding carboxylic acids is 1. The molecule has 0 aliphatic carbocycles. The van der Waals surface area contributed by atoms with E-state index in [-0.39, 0.29) is 5.91 Å². The van der Waals surface area contributed by atoms with E-state index in [1.165, 1.54) is 0 Å². The molecule has 0 saturated carbocycles. The van der Waals surface area contributed by atoms with Crippen molar-refractivity contribution in [3.63, 3.8) is 0 Å². The van der Waals surface area contributed by atoms with Crippen LogP contribution in [0.1, 0.15) is 10.5 Å². The first-order valence-electron chi connectivity index (χ1n) is 6.66. The molecule has 1 amide bonds. The van der Waals surface area contributed by atoms with Crippen LogP contribution < -0.4 is 5.73 Å². The lowest BCUT2D eigenvalue weighted by atomic mass is 10.2. The number of nitrogen functional groups attached to an aromatic ring is 1. The third-order valence-corrected chi connectivity index (χ3v) is 3.46. The van der Waals surface area contributed by atoms with Gasteiger partial charge in [0, 0.05) is 51.2 Å². The zero-order chi connectivity index (χ0) is 13.8. The molecule has 0 aromatic carbocycles. The van der Waals surface area contributed by atoms with Crippen LogP contribution in [0.15, 0.2) is 12.3 Å². The second-order valence-electron chi connectivity index (χ2n) is 5.28. The zero-order valence-corrected chi connectivity index (χ0v) is 11.7. The summed E-state index contributed by atoms with van der Waals surface area (Å²) in [6.45, 7) is 5.56. The number of nitrogens with two attached hydrogens (primary N) is 1. The number of nitrogens with zero attached hydrogens (tertiary/aromatic N) is 3. The monoisotopic (exact) mass is 265 g/mol. The summed E-state index contributed by atoms with van der Waals surface area (Å²) in [5.41, 5.74) is 6.81. The van der Waals surface area contributed by atoms with Crippen LogP contribution in [-0.4, -0.2) is 79.0 Å². The standard InChI is InChI=1S/C13H23N5O/c1-16(2)3-4-17-5-7-18(8-6-17)13(19)12-9-11(14)10-15-12/h9-10,15H,3-8,14H2,1-2H3. The molecule has 0 unspecified atom stereocenters. The van der Waals surface area contributed by atoms with Crippen molar-refractivity contribution in [1.82, 2.24) is 19.7 Å². The number of H-pyrrole nitrogens is 1. The van der Waals surface area contributed by atoms with E-state index in [9.17, 15) is 4.79 Å². The van der Waals surface area contributed by atoms with Gasteiger partial charge in [-0.05, 0) is 20.2 Å². The van der Waals surface area contributed by atoms with Crippen molar-refractivity contribution in [3.05, 3.63) is 18.0 Å². The number of carbonyl (C=O) groups is 1. The summed E-state index contributed by atoms with van der Waals surface area (Å²) < 4.78 is 0. The minimum absolute atomic E-state index is 0.0453. The van der Waals surface area contributed by atoms with Gasteiger partial charge in [-0.3, -0.25) is 9.69 Å². The second-order valence-corrected chi connectivity index (χ2v) is 5.28. The fraction of sp³-hybridized carbons (Fsp3) is 0.615. The molecule has 1 aliphatic rings. The number of amides is 1. The average molecular weight is 265 g/mol. The summed E-state index contributed by atoms with van der Waals surface area (Å²) in [5.74, 6) is 0.0453. The molecule has 0 radical (unpaired) electrons. The number of hydrogen-bond acceptors (Lipinski definition) is 4. The molecule has 1 aromatic heterocycles. The molecule has 0 bridgehead atoms. The molecule has 1 fully saturated rings. The van der Waals surface area contributed by atoms with Gasteiger partial charge in [-0.25, -0.2) is 0 Å². The summed E-state index contributed by atoms with van der Waals surface area (Å²) in [6, 6.07) is 1.70. The fourth-order valence-electron chi connectivity index (χ4n) is 2.22. The first-order valence-corrected chi connectivity index (χ1v) is 6.66. The molecule has 2 heterocycles. The molecular weight excluding hydrogens is 242 g/mol. The van der Waals surface area contributed by atoms with E-state index < -0.39 is 0 Å². The van der Waals surface area contributed by atoms with Crippen molar-refractivity contribution < 1.29 is 4.79 Å². The predicted octanol–water partition coefficient (Wildman–Crippen LogP) is -0.0837. The first kappa shape index (κ1) is 13.9. The zero-order valence-electron chi connectivity index (χ0n) is 11.7. The minimum Gasteiger partial charge on any atom is -0.397 e. The average Bonchev–Trinajstić information content (AvgIpc) is 2.83. The lowest BCUT2D eigenvalue weighted by molar-refractivity contribution is 0.0624. The Morgan fingerprint density at radius 1 is 1.37 bits per heavy atom. The number of anilines is 1. The summed E-state index contributed by atoms with van der Waals surface area (Å²) in [6.07, 6.45) is 1.65. The van der Waals surface area contributed by atoms with E-state index in [0.29, 0.717) is 11.4 Å². The normalized spacial score (nSPS) is 17.1. The molecular formula is C13H23N5O. The largest absolute Gasteiger partial charge is 0.397 e. The van der Waals surface area contributed by atoms with Crippen molar-refractivity contribution in [3.8, 4) is 0 Å². The number of nitrogens with one attached hydrogen (secondary N) is 1. The Labute approximate surface area is 114 Å². The highest BCUT2D eigenvalue weighted by atomic mass is 16.2. The Balaban J connectivity index is 1.81. The van der Waals surface area contributed by atoms with Crippen molar-refractivity contribution in [1.29, 1.82) is 0 Å². The smallest absolute Gasteiger partial charge is 0.270 e. The van der Waals surface area contributed by atoms with Gasteiger partial charge in [-0.2, -0.15) is 0 Å². The van der Waals surface area contributed by atoms with Crippen LogP contribution in [0.4, 0.5) is 5.69 Å². The molecule has 1 saturated heterocycles. The summed E-state index contributed by atoms with van der Waals surface area (Å²) >= 11 is 0. The lowest BCUT2D eigenvalue weighted by Gasteiger charge is -2.35. The topological polar surface area (TPSA) is 68.6 Å². The maximum Gasteiger partial charge on any atom is 0.270 e. The highest BCUT2D eigenvalue weighted by Gasteiger charge is 2.22. The van der Waals surface area contributed by atoms with E-state index in [2.05, 4.69) is 28.9 Å². The van der Waals surface area contributed by atoms with Crippen molar-refractivity contribution in [2.24, 2.45) is 0 Å². The van der Waals surface area contributed by atoms with Gasteiger partial charge in [0.15, 0.2) is 0 Å². The third-order valence-electron chi connectivity index (χ3n) is 3.46. The highest BCUT2D eigenvalue weighted by Crippen LogP contribution is 2.10. The van der Waals surface area contributed by atoms with Crippen LogP contribution >= 0.6 is 0 Å². The molecule has 0 spiro atoms. The molecule has 1 aliphatic heterocycles. The van der Waals surface area contributed by atoms with Crippen LogP contribution in [-0.2, 0) is 0 Å². The first-order chi connectivity index (χ1) is 9.06. The van der Waals surface area contributed by atoms with Gasteiger partial charge in [0.25, 0.3) is 5.91 Å². The van der Waals surface area contributed by atoms with E-state index in [0.717, 1.165) is 39.3 Å². The number of piperazine rings is 1. The number of rotatable bonds is 4. The SMILES string of the molecule is CN(C)CCN1CCN(C(=O)c2cc(N)c[nH]2)CC1. The van der Waals surface area contributed by atoms with Crippen molar-refractivity contribution >= 4 is 11.6 Å². The molecule has 6 heteroatoms. The summed E-state index contributed by atoms with van der Waals surface area (Å²) in [7, 11) is 4.16. The molecule has 1 aromatic rings. The Morgan fingerprint density at radius 3 is 2.58 bits per heavy atom. The van der Waals surface area contributed by atoms with Gasteiger partial charge >= 0.3 is 0 Å². The van der Waals surface area contributed by atoms with Gasteiger partial charge in [0.2, 0.25) is 0 Å². The van der Waals surface area contributed by atoms with E-state index >= 15 is 0 Å².